The highest BCUT2D eigenvalue weighted by Gasteiger charge is 2.28. The first-order valence-electron chi connectivity index (χ1n) is 9.54. The van der Waals surface area contributed by atoms with Crippen molar-refractivity contribution in [3.05, 3.63) is 65.1 Å². The lowest BCUT2D eigenvalue weighted by molar-refractivity contribution is -0.113. The molecule has 4 rings (SSSR count). The molecule has 0 radical (unpaired) electrons. The number of ether oxygens (including phenoxy) is 1. The highest BCUT2D eigenvalue weighted by atomic mass is 32.2. The summed E-state index contributed by atoms with van der Waals surface area (Å²) in [7, 11) is 0. The van der Waals surface area contributed by atoms with Crippen molar-refractivity contribution < 1.29 is 9.53 Å². The van der Waals surface area contributed by atoms with E-state index in [-0.39, 0.29) is 5.91 Å². The van der Waals surface area contributed by atoms with Crippen molar-refractivity contribution >= 4 is 34.6 Å². The van der Waals surface area contributed by atoms with Crippen LogP contribution in [0.3, 0.4) is 0 Å². The third kappa shape index (κ3) is 4.07. The molecular formula is C22H23N3O2S. The van der Waals surface area contributed by atoms with Crippen LogP contribution in [0.25, 0.3) is 6.08 Å². The Bertz CT molecular complexity index is 903. The summed E-state index contributed by atoms with van der Waals surface area (Å²) in [5.74, 6) is 0.618. The van der Waals surface area contributed by atoms with Crippen molar-refractivity contribution in [1.29, 1.82) is 0 Å². The third-order valence-electron chi connectivity index (χ3n) is 4.79. The van der Waals surface area contributed by atoms with Crippen molar-refractivity contribution in [3.63, 3.8) is 0 Å². The SMILES string of the molecule is CCOc1ccccc1C=C1SC(N2CCN(c3ccccc3)CC2)=NC1=O. The monoisotopic (exact) mass is 393 g/mol. The number of piperazine rings is 1. The maximum absolute atomic E-state index is 12.4. The van der Waals surface area contributed by atoms with E-state index in [9.17, 15) is 4.79 Å². The average molecular weight is 394 g/mol. The fourth-order valence-electron chi connectivity index (χ4n) is 3.36. The van der Waals surface area contributed by atoms with Crippen LogP contribution in [-0.2, 0) is 4.79 Å². The number of carbonyl (C=O) groups is 1. The molecule has 0 saturated carbocycles. The van der Waals surface area contributed by atoms with Crippen LogP contribution in [0, 0.1) is 0 Å². The van der Waals surface area contributed by atoms with E-state index in [4.69, 9.17) is 4.74 Å². The number of benzene rings is 2. The van der Waals surface area contributed by atoms with Crippen LogP contribution >= 0.6 is 11.8 Å². The number of anilines is 1. The van der Waals surface area contributed by atoms with Crippen molar-refractivity contribution in [2.24, 2.45) is 4.99 Å². The molecule has 2 aliphatic heterocycles. The van der Waals surface area contributed by atoms with Gasteiger partial charge >= 0.3 is 0 Å². The summed E-state index contributed by atoms with van der Waals surface area (Å²) in [6.45, 7) is 6.10. The summed E-state index contributed by atoms with van der Waals surface area (Å²) in [6.07, 6.45) is 1.88. The van der Waals surface area contributed by atoms with Crippen LogP contribution < -0.4 is 9.64 Å². The van der Waals surface area contributed by atoms with Crippen LogP contribution in [0.15, 0.2) is 64.5 Å². The molecule has 0 spiro atoms. The molecule has 0 atom stereocenters. The summed E-state index contributed by atoms with van der Waals surface area (Å²) >= 11 is 1.46. The number of nitrogens with zero attached hydrogens (tertiary/aromatic N) is 3. The summed E-state index contributed by atoms with van der Waals surface area (Å²) in [4.78, 5) is 22.0. The van der Waals surface area contributed by atoms with Gasteiger partial charge < -0.3 is 14.5 Å². The Morgan fingerprint density at radius 1 is 1.00 bits per heavy atom. The van der Waals surface area contributed by atoms with E-state index in [1.807, 2.05) is 43.3 Å². The van der Waals surface area contributed by atoms with Crippen LogP contribution in [0.5, 0.6) is 5.75 Å². The molecule has 144 valence electrons. The van der Waals surface area contributed by atoms with Crippen molar-refractivity contribution in [2.45, 2.75) is 6.92 Å². The summed E-state index contributed by atoms with van der Waals surface area (Å²) in [5.41, 5.74) is 2.15. The lowest BCUT2D eigenvalue weighted by atomic mass is 10.2. The third-order valence-corrected chi connectivity index (χ3v) is 5.83. The van der Waals surface area contributed by atoms with Gasteiger partial charge in [0.05, 0.1) is 11.5 Å². The van der Waals surface area contributed by atoms with Gasteiger partial charge in [0.25, 0.3) is 5.91 Å². The number of carbonyl (C=O) groups excluding carboxylic acids is 1. The van der Waals surface area contributed by atoms with Gasteiger partial charge in [-0.2, -0.15) is 4.99 Å². The minimum Gasteiger partial charge on any atom is -0.493 e. The second-order valence-electron chi connectivity index (χ2n) is 6.59. The number of thioether (sulfide) groups is 1. The van der Waals surface area contributed by atoms with E-state index in [0.29, 0.717) is 11.5 Å². The van der Waals surface area contributed by atoms with Crippen LogP contribution in [0.1, 0.15) is 12.5 Å². The Morgan fingerprint density at radius 2 is 1.68 bits per heavy atom. The maximum atomic E-state index is 12.4. The fraction of sp³-hybridized carbons (Fsp3) is 0.273. The zero-order chi connectivity index (χ0) is 19.3. The standard InChI is InChI=1S/C22H23N3O2S/c1-2-27-19-11-7-6-8-17(19)16-20-21(26)23-22(28-20)25-14-12-24(13-15-25)18-9-4-3-5-10-18/h3-11,16H,2,12-15H2,1H3. The molecule has 1 saturated heterocycles. The van der Waals surface area contributed by atoms with Crippen LogP contribution in [0.2, 0.25) is 0 Å². The summed E-state index contributed by atoms with van der Waals surface area (Å²) < 4.78 is 5.66. The second kappa shape index (κ2) is 8.52. The summed E-state index contributed by atoms with van der Waals surface area (Å²) in [5, 5.41) is 0.804. The van der Waals surface area contributed by atoms with E-state index in [1.165, 1.54) is 17.4 Å². The molecule has 2 aliphatic rings. The highest BCUT2D eigenvalue weighted by Crippen LogP contribution is 2.33. The minimum absolute atomic E-state index is 0.170. The summed E-state index contributed by atoms with van der Waals surface area (Å²) in [6, 6.07) is 18.2. The van der Waals surface area contributed by atoms with Gasteiger partial charge in [-0.25, -0.2) is 0 Å². The molecule has 28 heavy (non-hydrogen) atoms. The van der Waals surface area contributed by atoms with Gasteiger partial charge in [-0.3, -0.25) is 4.79 Å². The Balaban J connectivity index is 1.42. The fourth-order valence-corrected chi connectivity index (χ4v) is 4.31. The lowest BCUT2D eigenvalue weighted by Gasteiger charge is -2.36. The minimum atomic E-state index is -0.170. The van der Waals surface area contributed by atoms with Gasteiger partial charge in [-0.05, 0) is 43.0 Å². The van der Waals surface area contributed by atoms with E-state index in [2.05, 4.69) is 39.1 Å². The molecule has 0 bridgehead atoms. The molecule has 2 aromatic rings. The maximum Gasteiger partial charge on any atom is 0.286 e. The van der Waals surface area contributed by atoms with Gasteiger partial charge in [-0.1, -0.05) is 36.4 Å². The molecule has 1 fully saturated rings. The first kappa shape index (κ1) is 18.6. The van der Waals surface area contributed by atoms with Crippen molar-refractivity contribution in [1.82, 2.24) is 4.90 Å². The first-order chi connectivity index (χ1) is 13.7. The number of rotatable bonds is 4. The van der Waals surface area contributed by atoms with Gasteiger partial charge in [0.1, 0.15) is 5.75 Å². The van der Waals surface area contributed by atoms with Crippen molar-refractivity contribution in [2.75, 3.05) is 37.7 Å². The molecule has 2 heterocycles. The predicted octanol–water partition coefficient (Wildman–Crippen LogP) is 3.88. The van der Waals surface area contributed by atoms with Gasteiger partial charge in [0.15, 0.2) is 5.17 Å². The number of hydrogen-bond acceptors (Lipinski definition) is 5. The Morgan fingerprint density at radius 3 is 2.43 bits per heavy atom. The number of hydrogen-bond donors (Lipinski definition) is 0. The van der Waals surface area contributed by atoms with E-state index < -0.39 is 0 Å². The number of amides is 1. The second-order valence-corrected chi connectivity index (χ2v) is 7.60. The van der Waals surface area contributed by atoms with Crippen LogP contribution in [0.4, 0.5) is 5.69 Å². The molecule has 6 heteroatoms. The molecule has 0 aliphatic carbocycles. The quantitative estimate of drug-likeness (QED) is 0.738. The van der Waals surface area contributed by atoms with Gasteiger partial charge in [-0.15, -0.1) is 0 Å². The first-order valence-corrected chi connectivity index (χ1v) is 10.4. The zero-order valence-electron chi connectivity index (χ0n) is 15.9. The molecule has 0 aromatic heterocycles. The zero-order valence-corrected chi connectivity index (χ0v) is 16.7. The molecule has 5 nitrogen and oxygen atoms in total. The Kier molecular flexibility index (Phi) is 5.67. The topological polar surface area (TPSA) is 45.1 Å². The smallest absolute Gasteiger partial charge is 0.286 e. The molecule has 1 amide bonds. The Hall–Kier alpha value is -2.73. The molecule has 2 aromatic carbocycles. The number of amidine groups is 1. The van der Waals surface area contributed by atoms with E-state index in [1.54, 1.807) is 0 Å². The van der Waals surface area contributed by atoms with Gasteiger partial charge in [0.2, 0.25) is 0 Å². The number of aliphatic imine (C=N–C) groups is 1. The molecular weight excluding hydrogens is 370 g/mol. The highest BCUT2D eigenvalue weighted by molar-refractivity contribution is 8.18. The normalized spacial score (nSPS) is 18.5. The van der Waals surface area contributed by atoms with Gasteiger partial charge in [0, 0.05) is 37.4 Å². The molecule has 0 unspecified atom stereocenters. The number of para-hydroxylation sites is 2. The van der Waals surface area contributed by atoms with Crippen LogP contribution in [-0.4, -0.2) is 48.8 Å². The predicted molar refractivity (Wildman–Crippen MR) is 116 cm³/mol. The lowest BCUT2D eigenvalue weighted by Crippen LogP contribution is -2.47. The largest absolute Gasteiger partial charge is 0.493 e. The Labute approximate surface area is 169 Å². The van der Waals surface area contributed by atoms with E-state index in [0.717, 1.165) is 42.7 Å². The van der Waals surface area contributed by atoms with E-state index >= 15 is 0 Å². The van der Waals surface area contributed by atoms with Crippen molar-refractivity contribution in [3.8, 4) is 5.75 Å². The molecule has 0 N–H and O–H groups in total. The average Bonchev–Trinajstić information content (AvgIpc) is 3.11.